The highest BCUT2D eigenvalue weighted by atomic mass is 16.7. The Hall–Kier alpha value is -2.00. The molecule has 8 nitrogen and oxygen atoms in total. The van der Waals surface area contributed by atoms with E-state index in [0.717, 1.165) is 24.9 Å². The molecule has 0 spiro atoms. The van der Waals surface area contributed by atoms with Gasteiger partial charge in [0.1, 0.15) is 11.2 Å². The average molecular weight is 494 g/mol. The van der Waals surface area contributed by atoms with Gasteiger partial charge in [0.2, 0.25) is 0 Å². The highest BCUT2D eigenvalue weighted by molar-refractivity contribution is 6.54. The van der Waals surface area contributed by atoms with E-state index in [2.05, 4.69) is 0 Å². The monoisotopic (exact) mass is 494 g/mol. The van der Waals surface area contributed by atoms with Crippen LogP contribution in [-0.2, 0) is 18.8 Å². The topological polar surface area (TPSA) is 77.5 Å². The molecule has 0 aliphatic carbocycles. The Bertz CT molecular complexity index is 820. The molecule has 0 aromatic rings. The lowest BCUT2D eigenvalue weighted by molar-refractivity contribution is 0.00578. The molecule has 3 heterocycles. The van der Waals surface area contributed by atoms with Gasteiger partial charge >= 0.3 is 19.3 Å². The second kappa shape index (κ2) is 11.0. The summed E-state index contributed by atoms with van der Waals surface area (Å²) in [5, 5.41) is 0. The number of carbonyl (C=O) groups is 2. The van der Waals surface area contributed by atoms with Gasteiger partial charge in [-0.15, -0.1) is 0 Å². The first-order valence-corrected chi connectivity index (χ1v) is 12.0. The zero-order valence-electron chi connectivity index (χ0n) is 22.9. The summed E-state index contributed by atoms with van der Waals surface area (Å²) in [5.41, 5.74) is 0.597. The fourth-order valence-electron chi connectivity index (χ4n) is 3.37. The molecule has 2 amide bonds. The van der Waals surface area contributed by atoms with Crippen LogP contribution < -0.4 is 0 Å². The van der Waals surface area contributed by atoms with E-state index in [0.29, 0.717) is 6.54 Å². The number of hydrogen-bond donors (Lipinski definition) is 0. The van der Waals surface area contributed by atoms with Crippen molar-refractivity contribution in [3.05, 3.63) is 23.4 Å². The van der Waals surface area contributed by atoms with Gasteiger partial charge in [0.25, 0.3) is 0 Å². The van der Waals surface area contributed by atoms with Crippen LogP contribution in [0.1, 0.15) is 96.4 Å². The van der Waals surface area contributed by atoms with Crippen molar-refractivity contribution < 1.29 is 28.4 Å². The fourth-order valence-corrected chi connectivity index (χ4v) is 3.37. The van der Waals surface area contributed by atoms with Crippen molar-refractivity contribution in [2.24, 2.45) is 0 Å². The molecule has 0 aromatic heterocycles. The highest BCUT2D eigenvalue weighted by Gasteiger charge is 2.53. The van der Waals surface area contributed by atoms with Crippen LogP contribution in [0.25, 0.3) is 0 Å². The number of ether oxygens (including phenoxy) is 2. The van der Waals surface area contributed by atoms with Gasteiger partial charge in [-0.3, -0.25) is 9.80 Å². The van der Waals surface area contributed by atoms with Crippen LogP contribution >= 0.6 is 0 Å². The van der Waals surface area contributed by atoms with Crippen LogP contribution in [0.2, 0.25) is 0 Å². The smallest absolute Gasteiger partial charge is 0.443 e. The molecule has 35 heavy (non-hydrogen) atoms. The zero-order chi connectivity index (χ0) is 26.1. The van der Waals surface area contributed by atoms with Crippen molar-refractivity contribution in [2.75, 3.05) is 13.1 Å². The first-order chi connectivity index (χ1) is 15.3. The Labute approximate surface area is 213 Å². The number of rotatable bonds is 1. The molecule has 0 saturated carbocycles. The lowest BCUT2D eigenvalue weighted by Crippen LogP contribution is -2.41. The van der Waals surface area contributed by atoms with Crippen molar-refractivity contribution in [1.82, 2.24) is 9.80 Å². The summed E-state index contributed by atoms with van der Waals surface area (Å²) in [6, 6.07) is 0. The minimum Gasteiger partial charge on any atom is -0.443 e. The Morgan fingerprint density at radius 3 is 1.60 bits per heavy atom. The molecule has 1 saturated heterocycles. The predicted octanol–water partition coefficient (Wildman–Crippen LogP) is 6.31. The number of nitrogens with zero attached hydrogens (tertiary/aromatic N) is 2. The van der Waals surface area contributed by atoms with Crippen molar-refractivity contribution >= 4 is 19.3 Å². The molecule has 0 radical (unpaired) electrons. The van der Waals surface area contributed by atoms with Crippen molar-refractivity contribution in [3.63, 3.8) is 0 Å². The molecule has 0 bridgehead atoms. The molecule has 3 aliphatic rings. The molecule has 3 aliphatic heterocycles. The van der Waals surface area contributed by atoms with Crippen molar-refractivity contribution in [3.8, 4) is 0 Å². The largest absolute Gasteiger partial charge is 0.492 e. The molecular weight excluding hydrogens is 447 g/mol. The number of amides is 2. The molecule has 0 atom stereocenters. The van der Waals surface area contributed by atoms with E-state index in [9.17, 15) is 9.59 Å². The van der Waals surface area contributed by atoms with E-state index in [1.54, 1.807) is 16.0 Å². The van der Waals surface area contributed by atoms with Gasteiger partial charge in [-0.05, 0) is 94.5 Å². The van der Waals surface area contributed by atoms with E-state index < -0.39 is 11.2 Å². The minimum atomic E-state index is -0.488. The predicted molar refractivity (Wildman–Crippen MR) is 140 cm³/mol. The molecule has 200 valence electrons. The quantitative estimate of drug-likeness (QED) is 0.398. The Balaban J connectivity index is 0.000000378. The fraction of sp³-hybridized carbons (Fsp3) is 0.769. The van der Waals surface area contributed by atoms with E-state index in [4.69, 9.17) is 18.8 Å². The van der Waals surface area contributed by atoms with Crippen molar-refractivity contribution in [1.29, 1.82) is 0 Å². The molecule has 9 heteroatoms. The van der Waals surface area contributed by atoms with Gasteiger partial charge in [-0.1, -0.05) is 13.0 Å². The summed E-state index contributed by atoms with van der Waals surface area (Å²) >= 11 is 0. The normalized spacial score (nSPS) is 20.9. The van der Waals surface area contributed by atoms with E-state index >= 15 is 0 Å². The maximum atomic E-state index is 12.1. The third-order valence-corrected chi connectivity index (χ3v) is 5.90. The molecule has 0 unspecified atom stereocenters. The van der Waals surface area contributed by atoms with Crippen LogP contribution in [0.3, 0.4) is 0 Å². The van der Waals surface area contributed by atoms with Crippen LogP contribution in [-0.4, -0.2) is 64.6 Å². The third-order valence-electron chi connectivity index (χ3n) is 5.90. The standard InChI is InChI=1S/C15H26BNO4.C10H17NO2.CH4/c1-13(2,3)19-12(18)17-9-8-11(10-17)16-20-14(4,5)15(6,7)21-16;1-8-5-6-11(7-8)9(12)13-10(2,3)4;/h10H,8-9H2,1-7H3;7H,5-6H2,1-4H3;1H4. The van der Waals surface area contributed by atoms with E-state index in [1.165, 1.54) is 5.57 Å². The maximum absolute atomic E-state index is 12.1. The van der Waals surface area contributed by atoms with Gasteiger partial charge in [-0.2, -0.15) is 0 Å². The highest BCUT2D eigenvalue weighted by Crippen LogP contribution is 2.40. The lowest BCUT2D eigenvalue weighted by Gasteiger charge is -2.32. The molecular formula is C26H47BN2O6. The summed E-state index contributed by atoms with van der Waals surface area (Å²) in [7, 11) is -0.387. The van der Waals surface area contributed by atoms with E-state index in [1.807, 2.05) is 82.4 Å². The van der Waals surface area contributed by atoms with Crippen LogP contribution in [0.15, 0.2) is 23.4 Å². The number of carbonyl (C=O) groups excluding carboxylic acids is 2. The van der Waals surface area contributed by atoms with Crippen molar-refractivity contribution in [2.45, 2.75) is 119 Å². The molecule has 0 aromatic carbocycles. The first kappa shape index (κ1) is 31.0. The summed E-state index contributed by atoms with van der Waals surface area (Å²) in [6.07, 6.45) is 4.79. The first-order valence-electron chi connectivity index (χ1n) is 12.0. The Morgan fingerprint density at radius 2 is 1.23 bits per heavy atom. The van der Waals surface area contributed by atoms with Gasteiger partial charge in [0, 0.05) is 25.5 Å². The minimum absolute atomic E-state index is 0. The SMILES string of the molecule is C.CC(C)(C)OC(=O)N1C=C(B2OC(C)(C)C(C)(C)O2)CC1.CC1=CN(C(=O)OC(C)(C)C)CC1. The summed E-state index contributed by atoms with van der Waals surface area (Å²) < 4.78 is 22.6. The summed E-state index contributed by atoms with van der Waals surface area (Å²) in [5.74, 6) is 0. The van der Waals surface area contributed by atoms with Gasteiger partial charge in [0.05, 0.1) is 11.2 Å². The third kappa shape index (κ3) is 8.87. The van der Waals surface area contributed by atoms with Gasteiger partial charge in [-0.25, -0.2) is 9.59 Å². The second-order valence-corrected chi connectivity index (χ2v) is 12.1. The van der Waals surface area contributed by atoms with Crippen LogP contribution in [0, 0.1) is 0 Å². The maximum Gasteiger partial charge on any atom is 0.492 e. The Kier molecular flexibility index (Phi) is 9.71. The Morgan fingerprint density at radius 1 is 0.829 bits per heavy atom. The van der Waals surface area contributed by atoms with Crippen LogP contribution in [0.4, 0.5) is 9.59 Å². The molecule has 1 fully saturated rings. The summed E-state index contributed by atoms with van der Waals surface area (Å²) in [4.78, 5) is 26.7. The zero-order valence-corrected chi connectivity index (χ0v) is 22.9. The van der Waals surface area contributed by atoms with Crippen LogP contribution in [0.5, 0.6) is 0 Å². The molecule has 3 rings (SSSR count). The average Bonchev–Trinajstić information content (AvgIpc) is 3.31. The van der Waals surface area contributed by atoms with Gasteiger partial charge < -0.3 is 18.8 Å². The number of hydrogen-bond acceptors (Lipinski definition) is 6. The summed E-state index contributed by atoms with van der Waals surface area (Å²) in [6.45, 7) is 22.7. The second-order valence-electron chi connectivity index (χ2n) is 12.1. The molecule has 0 N–H and O–H groups in total. The lowest BCUT2D eigenvalue weighted by atomic mass is 9.78. The van der Waals surface area contributed by atoms with Gasteiger partial charge in [0.15, 0.2) is 0 Å². The van der Waals surface area contributed by atoms with E-state index in [-0.39, 0.29) is 37.9 Å².